The van der Waals surface area contributed by atoms with Crippen molar-refractivity contribution in [3.05, 3.63) is 23.7 Å². The molecule has 1 aromatic heterocycles. The van der Waals surface area contributed by atoms with Gasteiger partial charge in [-0.3, -0.25) is 4.79 Å². The molecule has 16 heavy (non-hydrogen) atoms. The molecule has 0 aliphatic carbocycles. The third kappa shape index (κ3) is 2.13. The van der Waals surface area contributed by atoms with E-state index in [9.17, 15) is 4.79 Å². The lowest BCUT2D eigenvalue weighted by Crippen LogP contribution is -2.42. The Labute approximate surface area is 96.4 Å². The lowest BCUT2D eigenvalue weighted by molar-refractivity contribution is 0.0590. The zero-order valence-electron chi connectivity index (χ0n) is 10.2. The zero-order valence-corrected chi connectivity index (χ0v) is 10.2. The summed E-state index contributed by atoms with van der Waals surface area (Å²) in [5.74, 6) is 1.72. The van der Waals surface area contributed by atoms with Crippen LogP contribution in [-0.2, 0) is 0 Å². The second-order valence-corrected chi connectivity index (χ2v) is 5.09. The highest BCUT2D eigenvalue weighted by Crippen LogP contribution is 2.23. The Kier molecular flexibility index (Phi) is 3.03. The Morgan fingerprint density at radius 1 is 1.38 bits per heavy atom. The van der Waals surface area contributed by atoms with Crippen molar-refractivity contribution < 1.29 is 9.21 Å². The second-order valence-electron chi connectivity index (χ2n) is 5.09. The summed E-state index contributed by atoms with van der Waals surface area (Å²) in [6, 6.07) is 1.84. The number of carbonyl (C=O) groups excluding carboxylic acids is 1. The lowest BCUT2D eigenvalue weighted by Gasteiger charge is -2.34. The second kappa shape index (κ2) is 4.32. The summed E-state index contributed by atoms with van der Waals surface area (Å²) in [5, 5.41) is 0. The van der Waals surface area contributed by atoms with Crippen LogP contribution in [0.3, 0.4) is 0 Å². The normalized spacial score (nSPS) is 25.8. The predicted octanol–water partition coefficient (Wildman–Crippen LogP) is 2.71. The van der Waals surface area contributed by atoms with Gasteiger partial charge in [-0.15, -0.1) is 0 Å². The Balaban J connectivity index is 2.13. The molecule has 1 aliphatic rings. The molecule has 2 heterocycles. The average Bonchev–Trinajstić information content (AvgIpc) is 2.62. The van der Waals surface area contributed by atoms with Gasteiger partial charge in [-0.25, -0.2) is 0 Å². The van der Waals surface area contributed by atoms with Crippen molar-refractivity contribution in [2.45, 2.75) is 27.2 Å². The molecule has 2 rings (SSSR count). The molecule has 3 heteroatoms. The first-order valence-electron chi connectivity index (χ1n) is 5.91. The molecule has 0 N–H and O–H groups in total. The fourth-order valence-corrected chi connectivity index (χ4v) is 2.56. The number of carbonyl (C=O) groups is 1. The van der Waals surface area contributed by atoms with Gasteiger partial charge in [-0.1, -0.05) is 13.8 Å². The molecule has 0 saturated carbocycles. The van der Waals surface area contributed by atoms with E-state index >= 15 is 0 Å². The van der Waals surface area contributed by atoms with Crippen LogP contribution in [0.5, 0.6) is 0 Å². The molecule has 88 valence electrons. The van der Waals surface area contributed by atoms with Crippen LogP contribution in [0, 0.1) is 18.8 Å². The van der Waals surface area contributed by atoms with Crippen LogP contribution < -0.4 is 0 Å². The number of amides is 1. The third-order valence-electron chi connectivity index (χ3n) is 3.21. The van der Waals surface area contributed by atoms with E-state index in [4.69, 9.17) is 4.42 Å². The molecule has 3 nitrogen and oxygen atoms in total. The minimum absolute atomic E-state index is 0.0425. The number of hydrogen-bond donors (Lipinski definition) is 0. The van der Waals surface area contributed by atoms with Gasteiger partial charge in [-0.2, -0.15) is 0 Å². The largest absolute Gasteiger partial charge is 0.459 e. The van der Waals surface area contributed by atoms with Crippen LogP contribution in [0.2, 0.25) is 0 Å². The van der Waals surface area contributed by atoms with Crippen LogP contribution >= 0.6 is 0 Å². The summed E-state index contributed by atoms with van der Waals surface area (Å²) in [6.45, 7) is 8.01. The van der Waals surface area contributed by atoms with Gasteiger partial charge >= 0.3 is 0 Å². The first kappa shape index (κ1) is 11.2. The van der Waals surface area contributed by atoms with Gasteiger partial charge in [0, 0.05) is 18.7 Å². The van der Waals surface area contributed by atoms with Crippen LogP contribution in [-0.4, -0.2) is 23.9 Å². The number of likely N-dealkylation sites (tertiary alicyclic amines) is 1. The molecule has 0 radical (unpaired) electrons. The van der Waals surface area contributed by atoms with Gasteiger partial charge in [-0.05, 0) is 31.2 Å². The van der Waals surface area contributed by atoms with Gasteiger partial charge in [0.1, 0.15) is 0 Å². The molecule has 0 bridgehead atoms. The number of rotatable bonds is 1. The van der Waals surface area contributed by atoms with Crippen LogP contribution in [0.15, 0.2) is 16.7 Å². The fourth-order valence-electron chi connectivity index (χ4n) is 2.56. The number of piperidine rings is 1. The highest BCUT2D eigenvalue weighted by molar-refractivity contribution is 5.92. The molecule has 1 aliphatic heterocycles. The maximum atomic E-state index is 12.2. The SMILES string of the molecule is Cc1ccoc1C(=O)N1C[C@H](C)C[C@@H](C)C1. The van der Waals surface area contributed by atoms with Crippen molar-refractivity contribution >= 4 is 5.91 Å². The summed E-state index contributed by atoms with van der Waals surface area (Å²) < 4.78 is 5.26. The zero-order chi connectivity index (χ0) is 11.7. The van der Waals surface area contributed by atoms with Gasteiger partial charge in [0.15, 0.2) is 5.76 Å². The maximum absolute atomic E-state index is 12.2. The average molecular weight is 221 g/mol. The number of aryl methyl sites for hydroxylation is 1. The summed E-state index contributed by atoms with van der Waals surface area (Å²) >= 11 is 0. The third-order valence-corrected chi connectivity index (χ3v) is 3.21. The van der Waals surface area contributed by atoms with E-state index < -0.39 is 0 Å². The molecule has 1 amide bonds. The van der Waals surface area contributed by atoms with E-state index in [1.807, 2.05) is 17.9 Å². The molecular formula is C13H19NO2. The lowest BCUT2D eigenvalue weighted by atomic mass is 9.92. The number of hydrogen-bond acceptors (Lipinski definition) is 2. The summed E-state index contributed by atoms with van der Waals surface area (Å²) in [6.07, 6.45) is 2.79. The summed E-state index contributed by atoms with van der Waals surface area (Å²) in [5.41, 5.74) is 0.927. The Morgan fingerprint density at radius 3 is 2.50 bits per heavy atom. The molecule has 0 unspecified atom stereocenters. The Bertz CT molecular complexity index is 373. The van der Waals surface area contributed by atoms with Crippen LogP contribution in [0.25, 0.3) is 0 Å². The van der Waals surface area contributed by atoms with E-state index in [2.05, 4.69) is 13.8 Å². The fraction of sp³-hybridized carbons (Fsp3) is 0.615. The minimum Gasteiger partial charge on any atom is -0.459 e. The number of furan rings is 1. The highest BCUT2D eigenvalue weighted by Gasteiger charge is 2.28. The Hall–Kier alpha value is -1.25. The van der Waals surface area contributed by atoms with Gasteiger partial charge in [0.05, 0.1) is 6.26 Å². The van der Waals surface area contributed by atoms with Crippen molar-refractivity contribution in [1.82, 2.24) is 4.90 Å². The molecule has 2 atom stereocenters. The summed E-state index contributed by atoms with van der Waals surface area (Å²) in [4.78, 5) is 14.1. The molecule has 0 spiro atoms. The van der Waals surface area contributed by atoms with Crippen molar-refractivity contribution in [2.75, 3.05) is 13.1 Å². The maximum Gasteiger partial charge on any atom is 0.289 e. The van der Waals surface area contributed by atoms with E-state index in [0.29, 0.717) is 17.6 Å². The van der Waals surface area contributed by atoms with Crippen molar-refractivity contribution in [1.29, 1.82) is 0 Å². The minimum atomic E-state index is 0.0425. The quantitative estimate of drug-likeness (QED) is 0.730. The van der Waals surface area contributed by atoms with Gasteiger partial charge < -0.3 is 9.32 Å². The first-order valence-corrected chi connectivity index (χ1v) is 5.91. The number of nitrogens with zero attached hydrogens (tertiary/aromatic N) is 1. The van der Waals surface area contributed by atoms with Crippen LogP contribution in [0.4, 0.5) is 0 Å². The van der Waals surface area contributed by atoms with Crippen molar-refractivity contribution in [3.8, 4) is 0 Å². The molecule has 0 aromatic carbocycles. The van der Waals surface area contributed by atoms with Gasteiger partial charge in [0.2, 0.25) is 0 Å². The van der Waals surface area contributed by atoms with E-state index in [1.165, 1.54) is 6.42 Å². The topological polar surface area (TPSA) is 33.5 Å². The summed E-state index contributed by atoms with van der Waals surface area (Å²) in [7, 11) is 0. The van der Waals surface area contributed by atoms with E-state index in [-0.39, 0.29) is 5.91 Å². The Morgan fingerprint density at radius 2 is 2.00 bits per heavy atom. The molecule has 1 saturated heterocycles. The van der Waals surface area contributed by atoms with Crippen LogP contribution in [0.1, 0.15) is 36.4 Å². The van der Waals surface area contributed by atoms with Crippen molar-refractivity contribution in [2.24, 2.45) is 11.8 Å². The monoisotopic (exact) mass is 221 g/mol. The smallest absolute Gasteiger partial charge is 0.289 e. The van der Waals surface area contributed by atoms with Crippen molar-refractivity contribution in [3.63, 3.8) is 0 Å². The first-order chi connectivity index (χ1) is 7.58. The molecule has 1 aromatic rings. The highest BCUT2D eigenvalue weighted by atomic mass is 16.3. The van der Waals surface area contributed by atoms with Gasteiger partial charge in [0.25, 0.3) is 5.91 Å². The predicted molar refractivity (Wildman–Crippen MR) is 62.3 cm³/mol. The van der Waals surface area contributed by atoms with E-state index in [0.717, 1.165) is 18.7 Å². The van der Waals surface area contributed by atoms with E-state index in [1.54, 1.807) is 6.26 Å². The molecular weight excluding hydrogens is 202 g/mol. The molecule has 1 fully saturated rings. The standard InChI is InChI=1S/C13H19NO2/c1-9-6-10(2)8-14(7-9)13(15)12-11(3)4-5-16-12/h4-5,9-10H,6-8H2,1-3H3/t9-,10-/m1/s1.